The van der Waals surface area contributed by atoms with Gasteiger partial charge in [-0.25, -0.2) is 4.79 Å². The van der Waals surface area contributed by atoms with Crippen LogP contribution < -0.4 is 9.64 Å². The number of hydrogen-bond acceptors (Lipinski definition) is 5. The largest absolute Gasteiger partial charge is 0.490 e. The molecule has 1 amide bonds. The first kappa shape index (κ1) is 19.4. The minimum absolute atomic E-state index is 0.0112. The minimum atomic E-state index is -0.593. The molecule has 0 aliphatic heterocycles. The van der Waals surface area contributed by atoms with E-state index in [0.29, 0.717) is 29.1 Å². The van der Waals surface area contributed by atoms with E-state index in [1.54, 1.807) is 19.1 Å². The lowest BCUT2D eigenvalue weighted by Gasteiger charge is -2.25. The van der Waals surface area contributed by atoms with Crippen molar-refractivity contribution in [3.8, 4) is 5.75 Å². The SMILES string of the molecule is CCOc1c(Br)ccc(C(=O)CC(=O)C2CC2)c1N(CC)C(=O)OC. The van der Waals surface area contributed by atoms with E-state index >= 15 is 0 Å². The summed E-state index contributed by atoms with van der Waals surface area (Å²) in [4.78, 5) is 38.3. The van der Waals surface area contributed by atoms with Crippen molar-refractivity contribution in [1.82, 2.24) is 0 Å². The van der Waals surface area contributed by atoms with Crippen LogP contribution >= 0.6 is 15.9 Å². The van der Waals surface area contributed by atoms with E-state index in [1.807, 2.05) is 6.92 Å². The highest BCUT2D eigenvalue weighted by Crippen LogP contribution is 2.40. The third-order valence-electron chi connectivity index (χ3n) is 4.02. The predicted octanol–water partition coefficient (Wildman–Crippen LogP) is 3.99. The number of benzene rings is 1. The van der Waals surface area contributed by atoms with Crippen molar-refractivity contribution < 1.29 is 23.9 Å². The third-order valence-corrected chi connectivity index (χ3v) is 4.65. The molecule has 0 atom stereocenters. The molecule has 0 spiro atoms. The first-order valence-electron chi connectivity index (χ1n) is 8.31. The fraction of sp³-hybridized carbons (Fsp3) is 0.500. The zero-order valence-electron chi connectivity index (χ0n) is 14.6. The van der Waals surface area contributed by atoms with Gasteiger partial charge in [0.05, 0.1) is 24.6 Å². The Labute approximate surface area is 155 Å². The molecule has 1 saturated carbocycles. The maximum absolute atomic E-state index is 12.7. The van der Waals surface area contributed by atoms with Crippen LogP contribution in [0.15, 0.2) is 16.6 Å². The molecule has 136 valence electrons. The highest BCUT2D eigenvalue weighted by molar-refractivity contribution is 9.10. The third kappa shape index (κ3) is 4.39. The van der Waals surface area contributed by atoms with Crippen LogP contribution in [0.1, 0.15) is 43.5 Å². The van der Waals surface area contributed by atoms with Crippen molar-refractivity contribution in [2.45, 2.75) is 33.1 Å². The lowest BCUT2D eigenvalue weighted by atomic mass is 10.0. The van der Waals surface area contributed by atoms with Crippen molar-refractivity contribution in [1.29, 1.82) is 0 Å². The van der Waals surface area contributed by atoms with Gasteiger partial charge < -0.3 is 9.47 Å². The molecule has 1 fully saturated rings. The number of ether oxygens (including phenoxy) is 2. The van der Waals surface area contributed by atoms with Crippen molar-refractivity contribution >= 4 is 39.3 Å². The minimum Gasteiger partial charge on any atom is -0.490 e. The summed E-state index contributed by atoms with van der Waals surface area (Å²) in [5.41, 5.74) is 0.618. The molecule has 0 bridgehead atoms. The quantitative estimate of drug-likeness (QED) is 0.477. The summed E-state index contributed by atoms with van der Waals surface area (Å²) in [6.45, 7) is 4.25. The molecular formula is C18H22BrNO5. The Bertz CT molecular complexity index is 684. The standard InChI is InChI=1S/C18H22BrNO5/c1-4-20(18(23)24-3)16-12(8-9-13(19)17(16)25-5-2)15(22)10-14(21)11-6-7-11/h8-9,11H,4-7,10H2,1-3H3. The van der Waals surface area contributed by atoms with Crippen LogP contribution in [0.5, 0.6) is 5.75 Å². The summed E-state index contributed by atoms with van der Waals surface area (Å²) in [7, 11) is 1.28. The Morgan fingerprint density at radius 3 is 2.44 bits per heavy atom. The maximum atomic E-state index is 12.7. The number of carbonyl (C=O) groups excluding carboxylic acids is 3. The number of amides is 1. The number of Topliss-reactive ketones (excluding diaryl/α,β-unsaturated/α-hetero) is 2. The van der Waals surface area contributed by atoms with Crippen molar-refractivity contribution in [3.63, 3.8) is 0 Å². The highest BCUT2D eigenvalue weighted by atomic mass is 79.9. The van der Waals surface area contributed by atoms with Gasteiger partial charge in [-0.3, -0.25) is 14.5 Å². The molecule has 7 heteroatoms. The molecule has 0 N–H and O–H groups in total. The average Bonchev–Trinajstić information content (AvgIpc) is 3.43. The molecular weight excluding hydrogens is 390 g/mol. The lowest BCUT2D eigenvalue weighted by molar-refractivity contribution is -0.119. The van der Waals surface area contributed by atoms with Gasteiger partial charge in [-0.15, -0.1) is 0 Å². The Morgan fingerprint density at radius 2 is 1.92 bits per heavy atom. The summed E-state index contributed by atoms with van der Waals surface area (Å²) in [5.74, 6) is 0.0391. The number of rotatable bonds is 8. The molecule has 0 aromatic heterocycles. The maximum Gasteiger partial charge on any atom is 0.414 e. The number of anilines is 1. The van der Waals surface area contributed by atoms with Crippen molar-refractivity contribution in [2.24, 2.45) is 5.92 Å². The van der Waals surface area contributed by atoms with Gasteiger partial charge >= 0.3 is 6.09 Å². The fourth-order valence-corrected chi connectivity index (χ4v) is 3.05. The summed E-state index contributed by atoms with van der Waals surface area (Å²) in [6.07, 6.45) is 0.951. The van der Waals surface area contributed by atoms with Gasteiger partial charge in [0.1, 0.15) is 11.5 Å². The van der Waals surface area contributed by atoms with Gasteiger partial charge in [-0.1, -0.05) is 0 Å². The second-order valence-corrected chi connectivity index (χ2v) is 6.61. The predicted molar refractivity (Wildman–Crippen MR) is 97.4 cm³/mol. The van der Waals surface area contributed by atoms with Crippen LogP contribution in [0.2, 0.25) is 0 Å². The molecule has 1 aliphatic carbocycles. The van der Waals surface area contributed by atoms with E-state index in [4.69, 9.17) is 9.47 Å². The number of methoxy groups -OCH3 is 1. The van der Waals surface area contributed by atoms with Gasteiger partial charge in [0.15, 0.2) is 11.5 Å². The summed E-state index contributed by atoms with van der Waals surface area (Å²) >= 11 is 3.40. The van der Waals surface area contributed by atoms with Gasteiger partial charge in [0, 0.05) is 18.0 Å². The van der Waals surface area contributed by atoms with E-state index < -0.39 is 6.09 Å². The molecule has 2 rings (SSSR count). The first-order valence-corrected chi connectivity index (χ1v) is 9.10. The van der Waals surface area contributed by atoms with Gasteiger partial charge in [-0.2, -0.15) is 0 Å². The zero-order valence-corrected chi connectivity index (χ0v) is 16.2. The van der Waals surface area contributed by atoms with E-state index in [9.17, 15) is 14.4 Å². The van der Waals surface area contributed by atoms with E-state index in [1.165, 1.54) is 12.0 Å². The molecule has 25 heavy (non-hydrogen) atoms. The molecule has 0 heterocycles. The summed E-state index contributed by atoms with van der Waals surface area (Å²) in [6, 6.07) is 3.30. The Kier molecular flexibility index (Phi) is 6.58. The zero-order chi connectivity index (χ0) is 18.6. The Hall–Kier alpha value is -1.89. The monoisotopic (exact) mass is 411 g/mol. The molecule has 1 aromatic carbocycles. The highest BCUT2D eigenvalue weighted by Gasteiger charge is 2.33. The van der Waals surface area contributed by atoms with Crippen LogP contribution in [-0.4, -0.2) is 37.9 Å². The van der Waals surface area contributed by atoms with E-state index in [2.05, 4.69) is 15.9 Å². The smallest absolute Gasteiger partial charge is 0.414 e. The summed E-state index contributed by atoms with van der Waals surface area (Å²) < 4.78 is 11.1. The van der Waals surface area contributed by atoms with Crippen LogP contribution in [0.4, 0.5) is 10.5 Å². The van der Waals surface area contributed by atoms with E-state index in [-0.39, 0.29) is 29.5 Å². The Balaban J connectivity index is 2.49. The summed E-state index contributed by atoms with van der Waals surface area (Å²) in [5, 5.41) is 0. The van der Waals surface area contributed by atoms with Crippen LogP contribution in [-0.2, 0) is 9.53 Å². The molecule has 1 aliphatic rings. The molecule has 0 saturated heterocycles. The number of hydrogen-bond donors (Lipinski definition) is 0. The second-order valence-electron chi connectivity index (χ2n) is 5.76. The fourth-order valence-electron chi connectivity index (χ4n) is 2.61. The topological polar surface area (TPSA) is 72.9 Å². The molecule has 1 aromatic rings. The van der Waals surface area contributed by atoms with Gasteiger partial charge in [0.25, 0.3) is 0 Å². The van der Waals surface area contributed by atoms with Crippen LogP contribution in [0.3, 0.4) is 0 Å². The van der Waals surface area contributed by atoms with Crippen LogP contribution in [0, 0.1) is 5.92 Å². The van der Waals surface area contributed by atoms with Crippen molar-refractivity contribution in [3.05, 3.63) is 22.2 Å². The first-order chi connectivity index (χ1) is 11.9. The van der Waals surface area contributed by atoms with Crippen molar-refractivity contribution in [2.75, 3.05) is 25.2 Å². The molecule has 6 nitrogen and oxygen atoms in total. The van der Waals surface area contributed by atoms with Gasteiger partial charge in [0.2, 0.25) is 0 Å². The number of ketones is 2. The number of carbonyl (C=O) groups is 3. The Morgan fingerprint density at radius 1 is 1.24 bits per heavy atom. The normalized spacial score (nSPS) is 13.3. The average molecular weight is 412 g/mol. The number of halogens is 1. The second kappa shape index (κ2) is 8.47. The molecule has 0 radical (unpaired) electrons. The molecule has 0 unspecified atom stereocenters. The lowest BCUT2D eigenvalue weighted by Crippen LogP contribution is -2.32. The van der Waals surface area contributed by atoms with Gasteiger partial charge in [-0.05, 0) is 54.8 Å². The van der Waals surface area contributed by atoms with E-state index in [0.717, 1.165) is 12.8 Å². The number of nitrogens with zero attached hydrogens (tertiary/aromatic N) is 1. The van der Waals surface area contributed by atoms with Crippen LogP contribution in [0.25, 0.3) is 0 Å².